The van der Waals surface area contributed by atoms with Crippen molar-refractivity contribution in [1.29, 1.82) is 0 Å². The van der Waals surface area contributed by atoms with Gasteiger partial charge >= 0.3 is 7.82 Å². The fourth-order valence-electron chi connectivity index (χ4n) is 0.401. The molecule has 6 heteroatoms. The van der Waals surface area contributed by atoms with E-state index in [1.54, 1.807) is 13.8 Å². The van der Waals surface area contributed by atoms with Gasteiger partial charge in [0.1, 0.15) is 0 Å². The third-order valence-electron chi connectivity index (χ3n) is 0.674. The first-order valence-corrected chi connectivity index (χ1v) is 4.37. The summed E-state index contributed by atoms with van der Waals surface area (Å²) in [7, 11) is -3.64. The molecule has 0 aromatic heterocycles. The lowest BCUT2D eigenvalue weighted by atomic mass is 10.9. The Labute approximate surface area is 59.4 Å². The van der Waals surface area contributed by atoms with Crippen molar-refractivity contribution in [2.75, 3.05) is 13.2 Å². The molecule has 0 aliphatic rings. The van der Waals surface area contributed by atoms with Gasteiger partial charge in [0.05, 0.1) is 13.2 Å². The van der Waals surface area contributed by atoms with Gasteiger partial charge in [-0.25, -0.2) is 9.82 Å². The van der Waals surface area contributed by atoms with Gasteiger partial charge in [-0.3, -0.25) is 9.05 Å². The van der Waals surface area contributed by atoms with Gasteiger partial charge < -0.3 is 0 Å². The van der Waals surface area contributed by atoms with E-state index in [2.05, 4.69) is 13.7 Å². The second-order valence-electron chi connectivity index (χ2n) is 1.36. The molecule has 5 nitrogen and oxygen atoms in total. The van der Waals surface area contributed by atoms with Crippen LogP contribution in [0.3, 0.4) is 0 Å². The molecule has 0 saturated heterocycles. The zero-order chi connectivity index (χ0) is 8.04. The minimum Gasteiger partial charge on any atom is -0.286 e. The molecule has 0 spiro atoms. The van der Waals surface area contributed by atoms with Crippen LogP contribution in [0.1, 0.15) is 13.8 Å². The molecule has 1 N–H and O–H groups in total. The van der Waals surface area contributed by atoms with Crippen molar-refractivity contribution >= 4 is 7.82 Å². The summed E-state index contributed by atoms with van der Waals surface area (Å²) in [6.45, 7) is 3.56. The Bertz CT molecular complexity index is 115. The smallest absolute Gasteiger partial charge is 0.286 e. The summed E-state index contributed by atoms with van der Waals surface area (Å²) >= 11 is 0. The lowest BCUT2D eigenvalue weighted by Gasteiger charge is -2.10. The lowest BCUT2D eigenvalue weighted by Crippen LogP contribution is -1.96. The molecule has 10 heavy (non-hydrogen) atoms. The van der Waals surface area contributed by atoms with Crippen LogP contribution in [0.4, 0.5) is 0 Å². The first-order chi connectivity index (χ1) is 4.68. The average Bonchev–Trinajstić information content (AvgIpc) is 1.89. The first kappa shape index (κ1) is 10.1. The van der Waals surface area contributed by atoms with E-state index in [0.717, 1.165) is 0 Å². The van der Waals surface area contributed by atoms with Crippen LogP contribution in [0.25, 0.3) is 0 Å². The molecule has 0 amide bonds. The minimum absolute atomic E-state index is 0.165. The molecule has 0 unspecified atom stereocenters. The molecule has 0 fully saturated rings. The zero-order valence-electron chi connectivity index (χ0n) is 5.94. The van der Waals surface area contributed by atoms with Gasteiger partial charge in [0.2, 0.25) is 0 Å². The molecule has 0 bridgehead atoms. The van der Waals surface area contributed by atoms with Crippen molar-refractivity contribution < 1.29 is 23.5 Å². The summed E-state index contributed by atoms with van der Waals surface area (Å²) in [5.74, 6) is 0. The molecule has 0 atom stereocenters. The predicted octanol–water partition coefficient (Wildman–Crippen LogP) is 1.66. The highest BCUT2D eigenvalue weighted by atomic mass is 31.2. The predicted molar refractivity (Wildman–Crippen MR) is 34.6 cm³/mol. The number of phosphoric acid groups is 1. The molecular formula is C4H11O5P. The Morgan fingerprint density at radius 1 is 1.30 bits per heavy atom. The van der Waals surface area contributed by atoms with Gasteiger partial charge in [0.15, 0.2) is 0 Å². The Morgan fingerprint density at radius 3 is 1.90 bits per heavy atom. The normalized spacial score (nSPS) is 11.9. The lowest BCUT2D eigenvalue weighted by molar-refractivity contribution is -0.165. The minimum atomic E-state index is -3.64. The van der Waals surface area contributed by atoms with Crippen molar-refractivity contribution in [3.8, 4) is 0 Å². The fraction of sp³-hybridized carbons (Fsp3) is 1.00. The van der Waals surface area contributed by atoms with Crippen LogP contribution >= 0.6 is 7.82 Å². The highest BCUT2D eigenvalue weighted by Crippen LogP contribution is 2.47. The average molecular weight is 170 g/mol. The summed E-state index contributed by atoms with van der Waals surface area (Å²) in [6.07, 6.45) is 0. The molecule has 0 rings (SSSR count). The molecule has 0 heterocycles. The van der Waals surface area contributed by atoms with Crippen LogP contribution < -0.4 is 0 Å². The highest BCUT2D eigenvalue weighted by Gasteiger charge is 2.24. The monoisotopic (exact) mass is 170 g/mol. The van der Waals surface area contributed by atoms with Gasteiger partial charge in [-0.05, 0) is 13.8 Å². The van der Waals surface area contributed by atoms with E-state index < -0.39 is 7.82 Å². The van der Waals surface area contributed by atoms with Gasteiger partial charge in [-0.15, -0.1) is 4.67 Å². The first-order valence-electron chi connectivity index (χ1n) is 2.90. The maximum atomic E-state index is 10.9. The number of hydrogen-bond acceptors (Lipinski definition) is 5. The molecule has 0 aromatic rings. The standard InChI is InChI=1S/C4H11O5P/c1-3-7-10(6,9-5)8-4-2/h5H,3-4H2,1-2H3. The maximum Gasteiger partial charge on any atom is 0.501 e. The number of hydrogen-bond donors (Lipinski definition) is 1. The van der Waals surface area contributed by atoms with Gasteiger partial charge in [0.25, 0.3) is 0 Å². The Balaban J connectivity index is 3.83. The van der Waals surface area contributed by atoms with E-state index in [-0.39, 0.29) is 13.2 Å². The second kappa shape index (κ2) is 4.82. The van der Waals surface area contributed by atoms with Crippen molar-refractivity contribution in [1.82, 2.24) is 0 Å². The molecule has 0 radical (unpaired) electrons. The largest absolute Gasteiger partial charge is 0.501 e. The summed E-state index contributed by atoms with van der Waals surface area (Å²) in [5.41, 5.74) is 0. The molecule has 0 aromatic carbocycles. The van der Waals surface area contributed by atoms with E-state index in [9.17, 15) is 4.57 Å². The van der Waals surface area contributed by atoms with Crippen LogP contribution in [0, 0.1) is 0 Å². The van der Waals surface area contributed by atoms with E-state index in [1.807, 2.05) is 0 Å². The zero-order valence-corrected chi connectivity index (χ0v) is 6.84. The third-order valence-corrected chi connectivity index (χ3v) is 2.02. The summed E-state index contributed by atoms with van der Waals surface area (Å²) in [5, 5.41) is 8.03. The SMILES string of the molecule is CCOP(=O)(OO)OCC. The van der Waals surface area contributed by atoms with E-state index in [1.165, 1.54) is 0 Å². The molecule has 62 valence electrons. The van der Waals surface area contributed by atoms with Crippen molar-refractivity contribution in [2.24, 2.45) is 0 Å². The van der Waals surface area contributed by atoms with Crippen molar-refractivity contribution in [2.45, 2.75) is 13.8 Å². The van der Waals surface area contributed by atoms with Gasteiger partial charge in [-0.1, -0.05) is 0 Å². The number of phosphoric ester groups is 1. The quantitative estimate of drug-likeness (QED) is 0.386. The van der Waals surface area contributed by atoms with Crippen LogP contribution in [-0.4, -0.2) is 18.5 Å². The molecular weight excluding hydrogens is 159 g/mol. The van der Waals surface area contributed by atoms with Crippen LogP contribution in [0.2, 0.25) is 0 Å². The third kappa shape index (κ3) is 3.29. The summed E-state index contributed by atoms with van der Waals surface area (Å²) in [6, 6.07) is 0. The maximum absolute atomic E-state index is 10.9. The van der Waals surface area contributed by atoms with Crippen LogP contribution in [-0.2, 0) is 18.3 Å². The van der Waals surface area contributed by atoms with Crippen LogP contribution in [0.5, 0.6) is 0 Å². The summed E-state index contributed by atoms with van der Waals surface area (Å²) < 4.78 is 23.4. The molecule has 0 aliphatic carbocycles. The fourth-order valence-corrected chi connectivity index (χ4v) is 1.20. The highest BCUT2D eigenvalue weighted by molar-refractivity contribution is 7.48. The van der Waals surface area contributed by atoms with E-state index >= 15 is 0 Å². The molecule has 0 saturated carbocycles. The summed E-state index contributed by atoms with van der Waals surface area (Å²) in [4.78, 5) is 0. The molecule has 0 aliphatic heterocycles. The van der Waals surface area contributed by atoms with Crippen LogP contribution in [0.15, 0.2) is 0 Å². The van der Waals surface area contributed by atoms with Gasteiger partial charge in [0, 0.05) is 0 Å². The number of rotatable bonds is 5. The topological polar surface area (TPSA) is 65.0 Å². The second-order valence-corrected chi connectivity index (χ2v) is 2.94. The van der Waals surface area contributed by atoms with Crippen molar-refractivity contribution in [3.63, 3.8) is 0 Å². The Hall–Kier alpha value is 0.0700. The van der Waals surface area contributed by atoms with Crippen molar-refractivity contribution in [3.05, 3.63) is 0 Å². The van der Waals surface area contributed by atoms with E-state index in [0.29, 0.717) is 0 Å². The Kier molecular flexibility index (Phi) is 4.85. The van der Waals surface area contributed by atoms with Gasteiger partial charge in [-0.2, -0.15) is 0 Å². The van der Waals surface area contributed by atoms with E-state index in [4.69, 9.17) is 5.26 Å². The Morgan fingerprint density at radius 2 is 1.70 bits per heavy atom.